The second-order valence-electron chi connectivity index (χ2n) is 7.65. The van der Waals surface area contributed by atoms with Gasteiger partial charge in [-0.15, -0.1) is 11.8 Å². The van der Waals surface area contributed by atoms with Crippen LogP contribution in [0.4, 0.5) is 0 Å². The zero-order valence-electron chi connectivity index (χ0n) is 17.3. The third-order valence-electron chi connectivity index (χ3n) is 5.27. The van der Waals surface area contributed by atoms with Crippen molar-refractivity contribution in [3.05, 3.63) is 63.8 Å². The number of hydrogen-bond acceptors (Lipinski definition) is 4. The Morgan fingerprint density at radius 3 is 2.60 bits per heavy atom. The Kier molecular flexibility index (Phi) is 5.51. The molecule has 2 unspecified atom stereocenters. The lowest BCUT2D eigenvalue weighted by molar-refractivity contribution is -0.140. The van der Waals surface area contributed by atoms with Crippen LogP contribution in [0.15, 0.2) is 36.4 Å². The van der Waals surface area contributed by atoms with Crippen molar-refractivity contribution in [1.82, 2.24) is 20.2 Å². The molecule has 0 radical (unpaired) electrons. The second-order valence-corrected chi connectivity index (χ2v) is 9.48. The predicted molar refractivity (Wildman–Crippen MR) is 120 cm³/mol. The maximum Gasteiger partial charge on any atom is 0.260 e. The van der Waals surface area contributed by atoms with E-state index in [1.807, 2.05) is 64.1 Å². The van der Waals surface area contributed by atoms with Gasteiger partial charge in [0.15, 0.2) is 0 Å². The number of benzene rings is 2. The summed E-state index contributed by atoms with van der Waals surface area (Å²) in [6.45, 7) is 7.71. The van der Waals surface area contributed by atoms with Crippen molar-refractivity contribution in [3.63, 3.8) is 0 Å². The summed E-state index contributed by atoms with van der Waals surface area (Å²) in [6, 6.07) is 11.8. The number of carbonyl (C=O) groups excluding carboxylic acids is 2. The number of aryl methyl sites for hydroxylation is 3. The van der Waals surface area contributed by atoms with Crippen LogP contribution in [0.5, 0.6) is 0 Å². The van der Waals surface area contributed by atoms with Gasteiger partial charge in [0, 0.05) is 10.4 Å². The van der Waals surface area contributed by atoms with Gasteiger partial charge in [-0.2, -0.15) is 5.10 Å². The molecule has 0 aliphatic carbocycles. The third kappa shape index (κ3) is 3.79. The summed E-state index contributed by atoms with van der Waals surface area (Å²) in [7, 11) is 0. The minimum absolute atomic E-state index is 0.00677. The number of halogens is 1. The average Bonchev–Trinajstić information content (AvgIpc) is 3.14. The van der Waals surface area contributed by atoms with E-state index in [4.69, 9.17) is 11.6 Å². The summed E-state index contributed by atoms with van der Waals surface area (Å²) in [6.07, 6.45) is 0. The van der Waals surface area contributed by atoms with E-state index in [-0.39, 0.29) is 29.0 Å². The smallest absolute Gasteiger partial charge is 0.260 e. The summed E-state index contributed by atoms with van der Waals surface area (Å²) in [5.74, 6) is -0.421. The monoisotopic (exact) mass is 442 g/mol. The highest BCUT2D eigenvalue weighted by atomic mass is 35.5. The summed E-state index contributed by atoms with van der Waals surface area (Å²) in [4.78, 5) is 25.5. The fraction of sp³-hybridized carbons (Fsp3) is 0.318. The number of nitrogens with zero attached hydrogens (tertiary/aromatic N) is 3. The van der Waals surface area contributed by atoms with Gasteiger partial charge < -0.3 is 0 Å². The molecule has 8 heteroatoms. The van der Waals surface area contributed by atoms with E-state index in [9.17, 15) is 9.59 Å². The number of aromatic nitrogens is 2. The lowest BCUT2D eigenvalue weighted by Crippen LogP contribution is -2.46. The molecule has 1 aliphatic rings. The molecule has 0 bridgehead atoms. The zero-order chi connectivity index (χ0) is 21.6. The largest absolute Gasteiger partial charge is 0.272 e. The number of rotatable bonds is 4. The van der Waals surface area contributed by atoms with Crippen LogP contribution in [-0.2, 0) is 16.1 Å². The number of nitrogens with one attached hydrogen (secondary N) is 1. The molecule has 1 aromatic heterocycles. The van der Waals surface area contributed by atoms with Gasteiger partial charge >= 0.3 is 0 Å². The minimum atomic E-state index is -0.309. The minimum Gasteiger partial charge on any atom is -0.272 e. The van der Waals surface area contributed by atoms with E-state index in [1.165, 1.54) is 16.8 Å². The van der Waals surface area contributed by atoms with Crippen LogP contribution < -0.4 is 5.43 Å². The molecule has 6 nitrogen and oxygen atoms in total. The SMILES string of the molecule is Cc1ccc(C2SC(C)C(=O)N2NC(=O)Cn2nc(C)c3cc(C)c(Cl)cc32)cc1. The maximum atomic E-state index is 12.8. The first-order chi connectivity index (χ1) is 14.2. The lowest BCUT2D eigenvalue weighted by atomic mass is 10.1. The maximum absolute atomic E-state index is 12.8. The molecule has 1 N–H and O–H groups in total. The summed E-state index contributed by atoms with van der Waals surface area (Å²) in [5.41, 5.74) is 7.51. The molecule has 2 amide bonds. The molecular formula is C22H23ClN4O2S. The molecule has 1 aliphatic heterocycles. The Balaban J connectivity index is 1.57. The first kappa shape index (κ1) is 20.8. The van der Waals surface area contributed by atoms with E-state index in [0.717, 1.165) is 33.3 Å². The molecule has 30 heavy (non-hydrogen) atoms. The Labute approximate surface area is 184 Å². The van der Waals surface area contributed by atoms with Gasteiger partial charge in [0.2, 0.25) is 0 Å². The first-order valence-electron chi connectivity index (χ1n) is 9.72. The molecule has 0 saturated carbocycles. The molecule has 156 valence electrons. The second kappa shape index (κ2) is 7.96. The van der Waals surface area contributed by atoms with Crippen LogP contribution in [0, 0.1) is 20.8 Å². The molecular weight excluding hydrogens is 420 g/mol. The zero-order valence-corrected chi connectivity index (χ0v) is 18.8. The van der Waals surface area contributed by atoms with Crippen LogP contribution in [0.1, 0.15) is 34.7 Å². The first-order valence-corrected chi connectivity index (χ1v) is 11.0. The van der Waals surface area contributed by atoms with Crippen molar-refractivity contribution < 1.29 is 9.59 Å². The van der Waals surface area contributed by atoms with E-state index in [2.05, 4.69) is 10.5 Å². The van der Waals surface area contributed by atoms with Gasteiger partial charge in [-0.25, -0.2) is 5.01 Å². The lowest BCUT2D eigenvalue weighted by Gasteiger charge is -2.24. The fourth-order valence-electron chi connectivity index (χ4n) is 3.59. The van der Waals surface area contributed by atoms with E-state index < -0.39 is 0 Å². The number of fused-ring (bicyclic) bond motifs is 1. The summed E-state index contributed by atoms with van der Waals surface area (Å²) in [5, 5.41) is 7.04. The quantitative estimate of drug-likeness (QED) is 0.653. The fourth-order valence-corrected chi connectivity index (χ4v) is 4.95. The van der Waals surface area contributed by atoms with Crippen molar-refractivity contribution in [3.8, 4) is 0 Å². The van der Waals surface area contributed by atoms with Crippen molar-refractivity contribution >= 4 is 46.1 Å². The van der Waals surface area contributed by atoms with E-state index in [0.29, 0.717) is 5.02 Å². The molecule has 4 rings (SSSR count). The highest BCUT2D eigenvalue weighted by Crippen LogP contribution is 2.41. The molecule has 2 heterocycles. The molecule has 0 spiro atoms. The van der Waals surface area contributed by atoms with Gasteiger partial charge in [0.25, 0.3) is 11.8 Å². The highest BCUT2D eigenvalue weighted by molar-refractivity contribution is 8.01. The van der Waals surface area contributed by atoms with Gasteiger partial charge in [0.05, 0.1) is 16.5 Å². The third-order valence-corrected chi connectivity index (χ3v) is 7.03. The number of hydrazine groups is 1. The van der Waals surface area contributed by atoms with Crippen LogP contribution in [0.25, 0.3) is 10.9 Å². The van der Waals surface area contributed by atoms with Gasteiger partial charge in [-0.1, -0.05) is 41.4 Å². The molecule has 2 atom stereocenters. The number of amides is 2. The Morgan fingerprint density at radius 1 is 1.20 bits per heavy atom. The van der Waals surface area contributed by atoms with Gasteiger partial charge in [0.1, 0.15) is 11.9 Å². The molecule has 3 aromatic rings. The Morgan fingerprint density at radius 2 is 1.90 bits per heavy atom. The Bertz CT molecular complexity index is 1140. The van der Waals surface area contributed by atoms with Gasteiger partial charge in [-0.05, 0) is 51.0 Å². The predicted octanol–water partition coefficient (Wildman–Crippen LogP) is 4.31. The summed E-state index contributed by atoms with van der Waals surface area (Å²) < 4.78 is 1.63. The standard InChI is InChI=1S/C22H23ClN4O2S/c1-12-5-7-16(8-6-12)22-27(21(29)15(4)30-22)25-20(28)11-26-19-10-18(23)13(2)9-17(19)14(3)24-26/h5-10,15,22H,11H2,1-4H3,(H,25,28). The van der Waals surface area contributed by atoms with Crippen molar-refractivity contribution in [2.45, 2.75) is 44.9 Å². The molecule has 2 aromatic carbocycles. The van der Waals surface area contributed by atoms with Crippen LogP contribution in [-0.4, -0.2) is 31.9 Å². The average molecular weight is 443 g/mol. The van der Waals surface area contributed by atoms with Crippen molar-refractivity contribution in [2.75, 3.05) is 0 Å². The van der Waals surface area contributed by atoms with Crippen LogP contribution >= 0.6 is 23.4 Å². The summed E-state index contributed by atoms with van der Waals surface area (Å²) >= 11 is 7.80. The highest BCUT2D eigenvalue weighted by Gasteiger charge is 2.39. The topological polar surface area (TPSA) is 67.2 Å². The van der Waals surface area contributed by atoms with Crippen molar-refractivity contribution in [1.29, 1.82) is 0 Å². The van der Waals surface area contributed by atoms with Crippen LogP contribution in [0.2, 0.25) is 5.02 Å². The Hall–Kier alpha value is -2.51. The van der Waals surface area contributed by atoms with E-state index in [1.54, 1.807) is 4.68 Å². The van der Waals surface area contributed by atoms with Crippen molar-refractivity contribution in [2.24, 2.45) is 0 Å². The normalized spacial score (nSPS) is 19.0. The van der Waals surface area contributed by atoms with E-state index >= 15 is 0 Å². The van der Waals surface area contributed by atoms with Crippen LogP contribution in [0.3, 0.4) is 0 Å². The van der Waals surface area contributed by atoms with Gasteiger partial charge in [-0.3, -0.25) is 19.7 Å². The molecule has 1 saturated heterocycles. The number of hydrogen-bond donors (Lipinski definition) is 1. The number of carbonyl (C=O) groups is 2. The molecule has 1 fully saturated rings. The number of thioether (sulfide) groups is 1.